The molecule has 1 amide bonds. The van der Waals surface area contributed by atoms with Gasteiger partial charge in [0.25, 0.3) is 0 Å². The molecule has 154 valence electrons. The molecule has 2 rings (SSSR count). The Labute approximate surface area is 165 Å². The number of benzene rings is 1. The SMILES string of the molecule is COC(OC)(OC)c1cnc([C@H](Cc2ccccc2)NC(=O)OC(C)(C)C)[nH]1. The zero-order chi connectivity index (χ0) is 20.8. The third-order valence-electron chi connectivity index (χ3n) is 4.04. The minimum Gasteiger partial charge on any atom is -0.444 e. The summed E-state index contributed by atoms with van der Waals surface area (Å²) in [5.74, 6) is -0.880. The maximum absolute atomic E-state index is 12.4. The molecule has 1 aromatic carbocycles. The van der Waals surface area contributed by atoms with E-state index < -0.39 is 23.7 Å². The summed E-state index contributed by atoms with van der Waals surface area (Å²) in [6.07, 6.45) is 1.55. The van der Waals surface area contributed by atoms with Crippen molar-refractivity contribution in [3.8, 4) is 0 Å². The summed E-state index contributed by atoms with van der Waals surface area (Å²) in [6, 6.07) is 9.34. The second-order valence-corrected chi connectivity index (χ2v) is 7.24. The molecule has 0 aliphatic rings. The summed E-state index contributed by atoms with van der Waals surface area (Å²) in [7, 11) is 4.40. The Morgan fingerprint density at radius 2 is 1.71 bits per heavy atom. The van der Waals surface area contributed by atoms with Gasteiger partial charge in [0, 0.05) is 27.8 Å². The zero-order valence-corrected chi connectivity index (χ0v) is 17.2. The van der Waals surface area contributed by atoms with Crippen molar-refractivity contribution in [3.63, 3.8) is 0 Å². The number of hydrogen-bond donors (Lipinski definition) is 2. The summed E-state index contributed by atoms with van der Waals surface area (Å²) in [6.45, 7) is 5.44. The fourth-order valence-corrected chi connectivity index (χ4v) is 2.76. The van der Waals surface area contributed by atoms with Crippen molar-refractivity contribution in [2.75, 3.05) is 21.3 Å². The highest BCUT2D eigenvalue weighted by atomic mass is 16.9. The van der Waals surface area contributed by atoms with Gasteiger partial charge >= 0.3 is 12.1 Å². The van der Waals surface area contributed by atoms with Crippen molar-refractivity contribution in [1.29, 1.82) is 0 Å². The summed E-state index contributed by atoms with van der Waals surface area (Å²) in [4.78, 5) is 19.9. The molecule has 1 atom stereocenters. The highest BCUT2D eigenvalue weighted by molar-refractivity contribution is 5.68. The lowest BCUT2D eigenvalue weighted by atomic mass is 10.1. The van der Waals surface area contributed by atoms with E-state index in [0.29, 0.717) is 17.9 Å². The molecule has 0 unspecified atom stereocenters. The van der Waals surface area contributed by atoms with E-state index in [2.05, 4.69) is 15.3 Å². The predicted octanol–water partition coefficient (Wildman–Crippen LogP) is 3.27. The van der Waals surface area contributed by atoms with Crippen molar-refractivity contribution in [1.82, 2.24) is 15.3 Å². The van der Waals surface area contributed by atoms with Crippen molar-refractivity contribution in [2.24, 2.45) is 0 Å². The third-order valence-corrected chi connectivity index (χ3v) is 4.04. The molecule has 1 heterocycles. The first kappa shape index (κ1) is 21.9. The van der Waals surface area contributed by atoms with Crippen molar-refractivity contribution >= 4 is 6.09 Å². The van der Waals surface area contributed by atoms with E-state index in [9.17, 15) is 4.79 Å². The van der Waals surface area contributed by atoms with Gasteiger partial charge in [-0.25, -0.2) is 9.78 Å². The van der Waals surface area contributed by atoms with Crippen LogP contribution in [0, 0.1) is 0 Å². The first-order valence-corrected chi connectivity index (χ1v) is 8.97. The molecule has 2 aromatic rings. The summed E-state index contributed by atoms with van der Waals surface area (Å²) >= 11 is 0. The Balaban J connectivity index is 2.29. The van der Waals surface area contributed by atoms with Gasteiger partial charge < -0.3 is 29.2 Å². The molecular weight excluding hydrogens is 362 g/mol. The van der Waals surface area contributed by atoms with Gasteiger partial charge in [0.05, 0.1) is 12.2 Å². The first-order chi connectivity index (χ1) is 13.2. The van der Waals surface area contributed by atoms with Crippen LogP contribution in [0.5, 0.6) is 0 Å². The number of hydrogen-bond acceptors (Lipinski definition) is 6. The van der Waals surface area contributed by atoms with Gasteiger partial charge in [0.1, 0.15) is 17.1 Å². The number of methoxy groups -OCH3 is 3. The van der Waals surface area contributed by atoms with E-state index in [1.165, 1.54) is 21.3 Å². The van der Waals surface area contributed by atoms with Crippen LogP contribution in [-0.4, -0.2) is 43.0 Å². The number of nitrogens with zero attached hydrogens (tertiary/aromatic N) is 1. The van der Waals surface area contributed by atoms with Gasteiger partial charge in [-0.1, -0.05) is 30.3 Å². The van der Waals surface area contributed by atoms with Crippen LogP contribution >= 0.6 is 0 Å². The molecule has 8 nitrogen and oxygen atoms in total. The molecule has 1 aromatic heterocycles. The fourth-order valence-electron chi connectivity index (χ4n) is 2.76. The van der Waals surface area contributed by atoms with Crippen LogP contribution in [0.15, 0.2) is 36.5 Å². The molecule has 28 heavy (non-hydrogen) atoms. The van der Waals surface area contributed by atoms with E-state index in [4.69, 9.17) is 18.9 Å². The fraction of sp³-hybridized carbons (Fsp3) is 0.500. The van der Waals surface area contributed by atoms with E-state index in [1.807, 2.05) is 51.1 Å². The van der Waals surface area contributed by atoms with Crippen LogP contribution in [-0.2, 0) is 31.3 Å². The molecule has 0 saturated carbocycles. The highest BCUT2D eigenvalue weighted by Crippen LogP contribution is 2.27. The van der Waals surface area contributed by atoms with Crippen LogP contribution < -0.4 is 5.32 Å². The van der Waals surface area contributed by atoms with Gasteiger partial charge in [-0.15, -0.1) is 0 Å². The number of carbonyl (C=O) groups excluding carboxylic acids is 1. The Hall–Kier alpha value is -2.42. The van der Waals surface area contributed by atoms with Crippen molar-refractivity contribution in [2.45, 2.75) is 44.8 Å². The van der Waals surface area contributed by atoms with Crippen LogP contribution in [0.2, 0.25) is 0 Å². The number of alkyl carbamates (subject to hydrolysis) is 1. The number of nitrogens with one attached hydrogen (secondary N) is 2. The van der Waals surface area contributed by atoms with E-state index in [-0.39, 0.29) is 0 Å². The Bertz CT molecular complexity index is 742. The summed E-state index contributed by atoms with van der Waals surface area (Å²) in [5, 5.41) is 2.88. The lowest BCUT2D eigenvalue weighted by Gasteiger charge is -2.27. The minimum atomic E-state index is -1.41. The molecule has 0 radical (unpaired) electrons. The number of aromatic amines is 1. The molecular formula is C20H29N3O5. The molecule has 0 aliphatic carbocycles. The third kappa shape index (κ3) is 5.54. The molecule has 8 heteroatoms. The number of aromatic nitrogens is 2. The molecule has 0 fully saturated rings. The predicted molar refractivity (Wildman–Crippen MR) is 104 cm³/mol. The number of imidazole rings is 1. The number of carbonyl (C=O) groups is 1. The summed E-state index contributed by atoms with van der Waals surface area (Å²) < 4.78 is 21.5. The largest absolute Gasteiger partial charge is 0.444 e. The van der Waals surface area contributed by atoms with Crippen molar-refractivity contribution < 1.29 is 23.7 Å². The lowest BCUT2D eigenvalue weighted by Crippen LogP contribution is -2.36. The van der Waals surface area contributed by atoms with Gasteiger partial charge in [0.2, 0.25) is 0 Å². The average Bonchev–Trinajstić information content (AvgIpc) is 3.13. The maximum atomic E-state index is 12.4. The van der Waals surface area contributed by atoms with Gasteiger partial charge in [-0.05, 0) is 26.3 Å². The van der Waals surface area contributed by atoms with E-state index in [0.717, 1.165) is 5.56 Å². The molecule has 0 aliphatic heterocycles. The Morgan fingerprint density at radius 1 is 1.11 bits per heavy atom. The number of amides is 1. The van der Waals surface area contributed by atoms with Gasteiger partial charge in [-0.2, -0.15) is 0 Å². The van der Waals surface area contributed by atoms with E-state index in [1.54, 1.807) is 6.20 Å². The molecule has 0 spiro atoms. The second-order valence-electron chi connectivity index (χ2n) is 7.24. The monoisotopic (exact) mass is 391 g/mol. The Kier molecular flexibility index (Phi) is 7.17. The Morgan fingerprint density at radius 3 is 2.25 bits per heavy atom. The second kappa shape index (κ2) is 9.18. The van der Waals surface area contributed by atoms with E-state index >= 15 is 0 Å². The van der Waals surface area contributed by atoms with Gasteiger partial charge in [0.15, 0.2) is 0 Å². The van der Waals surface area contributed by atoms with Crippen LogP contribution in [0.1, 0.15) is 43.9 Å². The molecule has 2 N–H and O–H groups in total. The van der Waals surface area contributed by atoms with Crippen LogP contribution in [0.25, 0.3) is 0 Å². The van der Waals surface area contributed by atoms with Crippen molar-refractivity contribution in [3.05, 3.63) is 53.6 Å². The first-order valence-electron chi connectivity index (χ1n) is 8.97. The van der Waals surface area contributed by atoms with Gasteiger partial charge in [-0.3, -0.25) is 0 Å². The zero-order valence-electron chi connectivity index (χ0n) is 17.2. The van der Waals surface area contributed by atoms with Crippen LogP contribution in [0.4, 0.5) is 4.79 Å². The smallest absolute Gasteiger partial charge is 0.408 e. The highest BCUT2D eigenvalue weighted by Gasteiger charge is 2.35. The normalized spacial score (nSPS) is 13.2. The average molecular weight is 391 g/mol. The summed E-state index contributed by atoms with van der Waals surface area (Å²) in [5.41, 5.74) is 0.907. The number of H-pyrrole nitrogens is 1. The number of rotatable bonds is 8. The van der Waals surface area contributed by atoms with Crippen LogP contribution in [0.3, 0.4) is 0 Å². The molecule has 0 saturated heterocycles. The standard InChI is InChI=1S/C20H29N3O5/c1-19(2,3)28-18(24)22-15(12-14-10-8-7-9-11-14)17-21-13-16(23-17)20(25-4,26-5)27-6/h7-11,13,15H,12H2,1-6H3,(H,21,23)(H,22,24)/t15-/m0/s1. The topological polar surface area (TPSA) is 94.7 Å². The maximum Gasteiger partial charge on any atom is 0.408 e. The number of ether oxygens (including phenoxy) is 4. The quantitative estimate of drug-likeness (QED) is 0.671. The lowest BCUT2D eigenvalue weighted by molar-refractivity contribution is -0.366. The minimum absolute atomic E-state index is 0.450. The molecule has 0 bridgehead atoms.